The maximum atomic E-state index is 13.7. The number of carbonyl (C=O) groups is 2. The lowest BCUT2D eigenvalue weighted by Crippen LogP contribution is -2.50. The van der Waals surface area contributed by atoms with Gasteiger partial charge in [0.15, 0.2) is 5.03 Å². The molecule has 0 aliphatic carbocycles. The first kappa shape index (κ1) is 30.7. The highest BCUT2D eigenvalue weighted by atomic mass is 32.2. The fourth-order valence-corrected chi connectivity index (χ4v) is 5.52. The molecule has 3 aromatic rings. The maximum Gasteiger partial charge on any atom is 0.321 e. The van der Waals surface area contributed by atoms with Gasteiger partial charge in [0.1, 0.15) is 17.6 Å². The average molecular weight is 601 g/mol. The molecule has 1 aromatic heterocycles. The number of nitrogens with one attached hydrogen (secondary N) is 2. The van der Waals surface area contributed by atoms with Crippen molar-refractivity contribution in [3.63, 3.8) is 0 Å². The zero-order chi connectivity index (χ0) is 30.6. The summed E-state index contributed by atoms with van der Waals surface area (Å²) in [5, 5.41) is 12.6. The van der Waals surface area contributed by atoms with Crippen molar-refractivity contribution >= 4 is 33.3 Å². The molecule has 3 amide bonds. The number of rotatable bonds is 9. The predicted octanol–water partition coefficient (Wildman–Crippen LogP) is 2.61. The van der Waals surface area contributed by atoms with Crippen LogP contribution < -0.4 is 19.5 Å². The molecule has 42 heavy (non-hydrogen) atoms. The molecule has 0 fully saturated rings. The number of nitrogens with zero attached hydrogens (tertiary/aromatic N) is 4. The van der Waals surface area contributed by atoms with Gasteiger partial charge in [0.2, 0.25) is 0 Å². The first-order chi connectivity index (χ1) is 19.9. The second-order valence-corrected chi connectivity index (χ2v) is 12.0. The minimum absolute atomic E-state index is 0.124. The molecule has 1 aliphatic heterocycles. The van der Waals surface area contributed by atoms with Gasteiger partial charge in [0, 0.05) is 44.1 Å². The topological polar surface area (TPSA) is 155 Å². The standard InChI is InChI=1S/C28H36N6O7S/c1-18-13-34(19(2)16-35)27(36)23-12-21(31-42(38,39)26-15-32(3)17-29-26)8-11-24(23)41-25(18)14-33(4)28(37)30-20-6-9-22(40-5)10-7-20/h6-12,15,17-19,25,31,35H,13-14,16H2,1-5H3,(H,30,37)/t18-,19-,25+/m1/s1. The second kappa shape index (κ2) is 12.7. The van der Waals surface area contributed by atoms with Gasteiger partial charge in [-0.3, -0.25) is 9.52 Å². The molecule has 226 valence electrons. The number of anilines is 2. The van der Waals surface area contributed by atoms with Gasteiger partial charge in [-0.15, -0.1) is 0 Å². The number of hydrogen-bond acceptors (Lipinski definition) is 8. The summed E-state index contributed by atoms with van der Waals surface area (Å²) in [6.45, 7) is 3.79. The predicted molar refractivity (Wildman–Crippen MR) is 156 cm³/mol. The number of ether oxygens (including phenoxy) is 2. The Labute approximate surface area is 245 Å². The van der Waals surface area contributed by atoms with Crippen LogP contribution >= 0.6 is 0 Å². The van der Waals surface area contributed by atoms with Crippen LogP contribution in [0.4, 0.5) is 16.2 Å². The summed E-state index contributed by atoms with van der Waals surface area (Å²) in [5.74, 6) is 0.258. The Hall–Kier alpha value is -4.30. The summed E-state index contributed by atoms with van der Waals surface area (Å²) < 4.78 is 41.2. The maximum absolute atomic E-state index is 13.7. The normalized spacial score (nSPS) is 17.8. The molecule has 0 saturated carbocycles. The first-order valence-corrected chi connectivity index (χ1v) is 14.8. The number of sulfonamides is 1. The largest absolute Gasteiger partial charge is 0.497 e. The molecule has 14 heteroatoms. The minimum Gasteiger partial charge on any atom is -0.497 e. The quantitative estimate of drug-likeness (QED) is 0.339. The third kappa shape index (κ3) is 6.94. The van der Waals surface area contributed by atoms with Crippen LogP contribution in [0.15, 0.2) is 60.0 Å². The van der Waals surface area contributed by atoms with Crippen molar-refractivity contribution in [2.24, 2.45) is 13.0 Å². The Balaban J connectivity index is 1.59. The number of amides is 3. The lowest BCUT2D eigenvalue weighted by Gasteiger charge is -2.38. The van der Waals surface area contributed by atoms with Crippen LogP contribution in [0.3, 0.4) is 0 Å². The third-order valence-corrected chi connectivity index (χ3v) is 8.28. The van der Waals surface area contributed by atoms with Gasteiger partial charge in [0.25, 0.3) is 15.9 Å². The van der Waals surface area contributed by atoms with Crippen LogP contribution in [-0.4, -0.2) is 90.8 Å². The van der Waals surface area contributed by atoms with Crippen LogP contribution in [0.5, 0.6) is 11.5 Å². The molecule has 2 heterocycles. The Morgan fingerprint density at radius 2 is 1.93 bits per heavy atom. The highest BCUT2D eigenvalue weighted by Crippen LogP contribution is 2.31. The van der Waals surface area contributed by atoms with E-state index >= 15 is 0 Å². The summed E-state index contributed by atoms with van der Waals surface area (Å²) >= 11 is 0. The van der Waals surface area contributed by atoms with Gasteiger partial charge in [-0.1, -0.05) is 6.92 Å². The molecule has 0 unspecified atom stereocenters. The Morgan fingerprint density at radius 1 is 1.24 bits per heavy atom. The smallest absolute Gasteiger partial charge is 0.321 e. The fraction of sp³-hybridized carbons (Fsp3) is 0.393. The molecule has 3 atom stereocenters. The van der Waals surface area contributed by atoms with Gasteiger partial charge in [-0.25, -0.2) is 9.78 Å². The van der Waals surface area contributed by atoms with E-state index in [9.17, 15) is 23.1 Å². The molecule has 0 bridgehead atoms. The highest BCUT2D eigenvalue weighted by molar-refractivity contribution is 7.92. The number of aryl methyl sites for hydroxylation is 1. The van der Waals surface area contributed by atoms with Crippen molar-refractivity contribution in [2.45, 2.75) is 31.0 Å². The molecule has 1 aliphatic rings. The van der Waals surface area contributed by atoms with Crippen LogP contribution in [0.2, 0.25) is 0 Å². The molecular weight excluding hydrogens is 564 g/mol. The van der Waals surface area contributed by atoms with E-state index in [0.717, 1.165) is 0 Å². The zero-order valence-corrected chi connectivity index (χ0v) is 25.0. The molecular formula is C28H36N6O7S. The number of hydrogen-bond donors (Lipinski definition) is 3. The number of likely N-dealkylation sites (N-methyl/N-ethyl adjacent to an activating group) is 1. The summed E-state index contributed by atoms with van der Waals surface area (Å²) in [5.41, 5.74) is 0.867. The van der Waals surface area contributed by atoms with Gasteiger partial charge in [-0.2, -0.15) is 8.42 Å². The van der Waals surface area contributed by atoms with E-state index in [4.69, 9.17) is 9.47 Å². The van der Waals surface area contributed by atoms with Gasteiger partial charge < -0.3 is 34.3 Å². The van der Waals surface area contributed by atoms with E-state index in [1.807, 2.05) is 6.92 Å². The second-order valence-electron chi connectivity index (χ2n) is 10.4. The van der Waals surface area contributed by atoms with Crippen molar-refractivity contribution in [3.8, 4) is 11.5 Å². The number of fused-ring (bicyclic) bond motifs is 1. The van der Waals surface area contributed by atoms with E-state index in [1.54, 1.807) is 52.4 Å². The SMILES string of the molecule is COc1ccc(NC(=O)N(C)C[C@@H]2Oc3ccc(NS(=O)(=O)c4cn(C)cn4)cc3C(=O)N([C@H](C)CO)C[C@H]2C)cc1. The van der Waals surface area contributed by atoms with E-state index < -0.39 is 28.1 Å². The molecule has 13 nitrogen and oxygen atoms in total. The van der Waals surface area contributed by atoms with Crippen molar-refractivity contribution < 1.29 is 32.6 Å². The molecule has 4 rings (SSSR count). The first-order valence-electron chi connectivity index (χ1n) is 13.3. The Kier molecular flexibility index (Phi) is 9.27. The van der Waals surface area contributed by atoms with Crippen molar-refractivity contribution in [3.05, 3.63) is 60.6 Å². The van der Waals surface area contributed by atoms with Gasteiger partial charge in [0.05, 0.1) is 38.2 Å². The number of aliphatic hydroxyl groups excluding tert-OH is 1. The third-order valence-electron chi connectivity index (χ3n) is 7.02. The number of benzene rings is 2. The molecule has 0 spiro atoms. The van der Waals surface area contributed by atoms with Crippen LogP contribution in [0, 0.1) is 5.92 Å². The van der Waals surface area contributed by atoms with Crippen LogP contribution in [-0.2, 0) is 17.1 Å². The van der Waals surface area contributed by atoms with Crippen molar-refractivity contribution in [1.82, 2.24) is 19.4 Å². The Bertz CT molecular complexity index is 1530. The van der Waals surface area contributed by atoms with Crippen LogP contribution in [0.25, 0.3) is 0 Å². The van der Waals surface area contributed by atoms with Gasteiger partial charge >= 0.3 is 6.03 Å². The number of carbonyl (C=O) groups excluding carboxylic acids is 2. The number of imidazole rings is 1. The number of urea groups is 1. The number of methoxy groups -OCH3 is 1. The molecule has 0 saturated heterocycles. The van der Waals surface area contributed by atoms with Crippen molar-refractivity contribution in [1.29, 1.82) is 0 Å². The summed E-state index contributed by atoms with van der Waals surface area (Å²) in [6, 6.07) is 10.5. The fourth-order valence-electron chi connectivity index (χ4n) is 4.49. The van der Waals surface area contributed by atoms with Gasteiger partial charge in [-0.05, 0) is 49.4 Å². The van der Waals surface area contributed by atoms with Crippen molar-refractivity contribution in [2.75, 3.05) is 43.9 Å². The van der Waals surface area contributed by atoms with E-state index in [1.165, 1.54) is 45.1 Å². The zero-order valence-electron chi connectivity index (χ0n) is 24.1. The average Bonchev–Trinajstić information content (AvgIpc) is 3.42. The molecule has 3 N–H and O–H groups in total. The number of aliphatic hydroxyl groups is 1. The monoisotopic (exact) mass is 600 g/mol. The van der Waals surface area contributed by atoms with E-state index in [-0.39, 0.29) is 53.7 Å². The van der Waals surface area contributed by atoms with E-state index in [0.29, 0.717) is 11.4 Å². The molecule has 2 aromatic carbocycles. The minimum atomic E-state index is -4.01. The summed E-state index contributed by atoms with van der Waals surface area (Å²) in [4.78, 5) is 33.6. The molecule has 0 radical (unpaired) electrons. The number of aromatic nitrogens is 2. The highest BCUT2D eigenvalue weighted by Gasteiger charge is 2.34. The van der Waals surface area contributed by atoms with Crippen LogP contribution in [0.1, 0.15) is 24.2 Å². The lowest BCUT2D eigenvalue weighted by atomic mass is 9.99. The summed E-state index contributed by atoms with van der Waals surface area (Å²) in [6.07, 6.45) is 2.20. The summed E-state index contributed by atoms with van der Waals surface area (Å²) in [7, 11) is 0.852. The van der Waals surface area contributed by atoms with E-state index in [2.05, 4.69) is 15.0 Å². The Morgan fingerprint density at radius 3 is 2.55 bits per heavy atom. The lowest BCUT2D eigenvalue weighted by molar-refractivity contribution is 0.0371.